The molecule has 4 aliphatic heterocycles. The molecule has 2 fully saturated rings. The van der Waals surface area contributed by atoms with Crippen LogP contribution in [0.4, 0.5) is 5.69 Å². The molecule has 4 aliphatic rings. The molecule has 0 aliphatic carbocycles. The average Bonchev–Trinajstić information content (AvgIpc) is 3.18. The number of benzene rings is 1. The monoisotopic (exact) mass is 546 g/mol. The van der Waals surface area contributed by atoms with Gasteiger partial charge in [0.1, 0.15) is 24.4 Å². The third kappa shape index (κ3) is 4.55. The number of aliphatic hydroxyl groups is 5. The molecule has 210 valence electrons. The van der Waals surface area contributed by atoms with Gasteiger partial charge in [-0.2, -0.15) is 0 Å². The first-order valence-corrected chi connectivity index (χ1v) is 12.5. The van der Waals surface area contributed by atoms with E-state index in [0.29, 0.717) is 11.3 Å². The Bertz CT molecular complexity index is 1200. The molecule has 13 heteroatoms. The molecule has 0 spiro atoms. The summed E-state index contributed by atoms with van der Waals surface area (Å²) in [7, 11) is 0. The normalized spacial score (nSPS) is 37.9. The van der Waals surface area contributed by atoms with Crippen LogP contribution in [0, 0.1) is 11.8 Å². The summed E-state index contributed by atoms with van der Waals surface area (Å²) in [6.45, 7) is 2.90. The third-order valence-electron chi connectivity index (χ3n) is 7.78. The predicted octanol–water partition coefficient (Wildman–Crippen LogP) is -1.55. The van der Waals surface area contributed by atoms with Gasteiger partial charge in [-0.3, -0.25) is 19.3 Å². The summed E-state index contributed by atoms with van der Waals surface area (Å²) >= 11 is 0. The molecular weight excluding hydrogens is 516 g/mol. The number of fused-ring (bicyclic) bond motifs is 2. The molecule has 0 unspecified atom stereocenters. The van der Waals surface area contributed by atoms with Gasteiger partial charge in [0.05, 0.1) is 18.4 Å². The van der Waals surface area contributed by atoms with Gasteiger partial charge in [0.25, 0.3) is 11.8 Å². The molecule has 4 heterocycles. The van der Waals surface area contributed by atoms with E-state index in [-0.39, 0.29) is 25.0 Å². The predicted molar refractivity (Wildman–Crippen MR) is 130 cm³/mol. The van der Waals surface area contributed by atoms with Crippen LogP contribution in [0.3, 0.4) is 0 Å². The van der Waals surface area contributed by atoms with Crippen molar-refractivity contribution < 1.29 is 54.1 Å². The van der Waals surface area contributed by atoms with Crippen molar-refractivity contribution in [1.29, 1.82) is 0 Å². The van der Waals surface area contributed by atoms with E-state index >= 15 is 0 Å². The van der Waals surface area contributed by atoms with E-state index in [2.05, 4.69) is 11.9 Å². The Morgan fingerprint density at radius 1 is 1.13 bits per heavy atom. The summed E-state index contributed by atoms with van der Waals surface area (Å²) in [5.74, 6) is -3.26. The fourth-order valence-electron chi connectivity index (χ4n) is 5.50. The molecule has 0 radical (unpaired) electrons. The molecule has 39 heavy (non-hydrogen) atoms. The molecule has 3 amide bonds. The molecule has 0 aromatic heterocycles. The van der Waals surface area contributed by atoms with Crippen LogP contribution in [0.25, 0.3) is 0 Å². The Morgan fingerprint density at radius 2 is 1.87 bits per heavy atom. The minimum atomic E-state index is -1.90. The van der Waals surface area contributed by atoms with Crippen molar-refractivity contribution in [3.8, 4) is 0 Å². The van der Waals surface area contributed by atoms with E-state index in [0.717, 1.165) is 11.2 Å². The van der Waals surface area contributed by atoms with Gasteiger partial charge in [-0.15, -0.1) is 6.58 Å². The van der Waals surface area contributed by atoms with E-state index in [1.807, 2.05) is 0 Å². The van der Waals surface area contributed by atoms with Crippen molar-refractivity contribution >= 4 is 23.4 Å². The highest BCUT2D eigenvalue weighted by Gasteiger charge is 2.51. The van der Waals surface area contributed by atoms with Gasteiger partial charge < -0.3 is 45.1 Å². The number of carbonyl (C=O) groups is 3. The van der Waals surface area contributed by atoms with Crippen LogP contribution in [0.5, 0.6) is 0 Å². The van der Waals surface area contributed by atoms with Crippen LogP contribution in [-0.2, 0) is 34.2 Å². The van der Waals surface area contributed by atoms with E-state index in [9.17, 15) is 39.9 Å². The van der Waals surface area contributed by atoms with Crippen molar-refractivity contribution in [2.45, 2.75) is 55.4 Å². The zero-order valence-corrected chi connectivity index (χ0v) is 20.8. The van der Waals surface area contributed by atoms with Gasteiger partial charge in [-0.05, 0) is 6.07 Å². The number of nitrogens with zero attached hydrogens (tertiary/aromatic N) is 1. The van der Waals surface area contributed by atoms with Crippen molar-refractivity contribution in [2.75, 3.05) is 18.5 Å². The van der Waals surface area contributed by atoms with E-state index < -0.39 is 78.8 Å². The van der Waals surface area contributed by atoms with Crippen LogP contribution in [-0.4, -0.2) is 98.3 Å². The lowest BCUT2D eigenvalue weighted by molar-refractivity contribution is -0.339. The Labute approximate surface area is 222 Å². The average molecular weight is 547 g/mol. The van der Waals surface area contributed by atoms with Crippen LogP contribution >= 0.6 is 0 Å². The van der Waals surface area contributed by atoms with Crippen LogP contribution in [0.2, 0.25) is 0 Å². The minimum absolute atomic E-state index is 0.132. The lowest BCUT2D eigenvalue weighted by Crippen LogP contribution is -2.60. The number of aliphatic hydroxyl groups excluding tert-OH is 4. The molecule has 0 bridgehead atoms. The second-order valence-electron chi connectivity index (χ2n) is 10.00. The SMILES string of the molecule is C=C[C@@H]1[C@H](O[C@@H]2O[C@H](CO)[C@@H](O)[C@H](O)[C@H]2O)OC=C2C(=O)N(CC[C@@]3(O)C(=O)Nc4ccccc43)C(=O)C[C@H]21. The number of imide groups is 1. The third-order valence-corrected chi connectivity index (χ3v) is 7.78. The van der Waals surface area contributed by atoms with Crippen LogP contribution in [0.15, 0.2) is 48.8 Å². The van der Waals surface area contributed by atoms with Crippen molar-refractivity contribution in [3.05, 3.63) is 54.3 Å². The molecule has 9 atom stereocenters. The lowest BCUT2D eigenvalue weighted by Gasteiger charge is -2.44. The van der Waals surface area contributed by atoms with E-state index in [1.54, 1.807) is 24.3 Å². The zero-order valence-electron chi connectivity index (χ0n) is 20.8. The Kier molecular flexibility index (Phi) is 7.33. The van der Waals surface area contributed by atoms with Crippen LogP contribution < -0.4 is 5.32 Å². The van der Waals surface area contributed by atoms with Gasteiger partial charge in [0.15, 0.2) is 11.9 Å². The second kappa shape index (κ2) is 10.4. The Morgan fingerprint density at radius 3 is 2.59 bits per heavy atom. The van der Waals surface area contributed by atoms with Crippen LogP contribution in [0.1, 0.15) is 18.4 Å². The number of carbonyl (C=O) groups excluding carboxylic acids is 3. The van der Waals surface area contributed by atoms with E-state index in [1.165, 1.54) is 6.08 Å². The molecule has 5 rings (SSSR count). The highest BCUT2D eigenvalue weighted by atomic mass is 16.8. The summed E-state index contributed by atoms with van der Waals surface area (Å²) in [4.78, 5) is 39.9. The Balaban J connectivity index is 1.30. The molecule has 0 saturated carbocycles. The number of hydrogen-bond donors (Lipinski definition) is 6. The van der Waals surface area contributed by atoms with Gasteiger partial charge in [-0.1, -0.05) is 24.3 Å². The molecule has 6 N–H and O–H groups in total. The van der Waals surface area contributed by atoms with Crippen molar-refractivity contribution in [3.63, 3.8) is 0 Å². The standard InChI is InChI=1S/C26H30N2O11/c1-2-12-13-9-18(30)28(8-7-26(36)15-5-3-4-6-16(15)27-25(26)35)22(34)14(13)11-37-23(12)39-24-21(33)20(32)19(31)17(10-29)38-24/h2-6,11-13,17,19-21,23-24,29,31-33,36H,1,7-10H2,(H,27,35)/t12-,13-,17+,19+,20-,21+,23-,24-,26-/m0/s1. The van der Waals surface area contributed by atoms with Gasteiger partial charge in [0.2, 0.25) is 12.2 Å². The summed E-state index contributed by atoms with van der Waals surface area (Å²) in [5.41, 5.74) is -0.912. The number of piperidine rings is 1. The molecule has 1 aromatic carbocycles. The topological polar surface area (TPSA) is 195 Å². The number of hydrogen-bond acceptors (Lipinski definition) is 11. The fourth-order valence-corrected chi connectivity index (χ4v) is 5.50. The number of rotatable bonds is 7. The first-order valence-electron chi connectivity index (χ1n) is 12.5. The zero-order chi connectivity index (χ0) is 28.1. The van der Waals surface area contributed by atoms with Crippen molar-refractivity contribution in [1.82, 2.24) is 4.90 Å². The number of anilines is 1. The minimum Gasteiger partial charge on any atom is -0.471 e. The first-order chi connectivity index (χ1) is 18.6. The maximum atomic E-state index is 13.3. The smallest absolute Gasteiger partial charge is 0.261 e. The number of para-hydroxylation sites is 1. The lowest BCUT2D eigenvalue weighted by atomic mass is 9.78. The quantitative estimate of drug-likeness (QED) is 0.171. The van der Waals surface area contributed by atoms with E-state index in [4.69, 9.17) is 14.2 Å². The molecule has 13 nitrogen and oxygen atoms in total. The van der Waals surface area contributed by atoms with Crippen molar-refractivity contribution in [2.24, 2.45) is 11.8 Å². The van der Waals surface area contributed by atoms with Gasteiger partial charge in [-0.25, -0.2) is 0 Å². The first kappa shape index (κ1) is 27.4. The largest absolute Gasteiger partial charge is 0.471 e. The summed E-state index contributed by atoms with van der Waals surface area (Å²) in [6.07, 6.45) is -6.52. The van der Waals surface area contributed by atoms with Gasteiger partial charge >= 0.3 is 0 Å². The second-order valence-corrected chi connectivity index (χ2v) is 10.00. The number of amides is 3. The maximum Gasteiger partial charge on any atom is 0.261 e. The highest BCUT2D eigenvalue weighted by molar-refractivity contribution is 6.08. The molecule has 1 aromatic rings. The number of ether oxygens (including phenoxy) is 3. The summed E-state index contributed by atoms with van der Waals surface area (Å²) in [5, 5.41) is 53.5. The fraction of sp³-hybridized carbons (Fsp3) is 0.500. The summed E-state index contributed by atoms with van der Waals surface area (Å²) in [6, 6.07) is 6.64. The summed E-state index contributed by atoms with van der Waals surface area (Å²) < 4.78 is 16.7. The van der Waals surface area contributed by atoms with Gasteiger partial charge in [0, 0.05) is 42.5 Å². The Hall–Kier alpha value is -3.17. The number of likely N-dealkylation sites (tertiary alicyclic amines) is 1. The highest BCUT2D eigenvalue weighted by Crippen LogP contribution is 2.42. The number of nitrogens with one attached hydrogen (secondary N) is 1. The maximum absolute atomic E-state index is 13.3. The molecule has 2 saturated heterocycles. The molecular formula is C26H30N2O11.